The summed E-state index contributed by atoms with van der Waals surface area (Å²) in [5, 5.41) is 3.18. The van der Waals surface area contributed by atoms with Crippen LogP contribution in [-0.4, -0.2) is 37.5 Å². The number of hydrogen-bond acceptors (Lipinski definition) is 3. The first-order valence-corrected chi connectivity index (χ1v) is 7.85. The third-order valence-electron chi connectivity index (χ3n) is 4.90. The molecule has 1 aliphatic rings. The van der Waals surface area contributed by atoms with Crippen LogP contribution in [0.4, 0.5) is 0 Å². The number of rotatable bonds is 7. The smallest absolute Gasteiger partial charge is 0.242 e. The molecule has 3 N–H and O–H groups in total. The van der Waals surface area contributed by atoms with Crippen molar-refractivity contribution in [2.24, 2.45) is 5.73 Å². The van der Waals surface area contributed by atoms with Gasteiger partial charge in [0.2, 0.25) is 5.91 Å². The highest BCUT2D eigenvalue weighted by Crippen LogP contribution is 2.27. The Bertz CT molecular complexity index is 456. The highest BCUT2D eigenvalue weighted by molar-refractivity contribution is 5.86. The molecule has 0 bridgehead atoms. The Morgan fingerprint density at radius 1 is 1.33 bits per heavy atom. The lowest BCUT2D eigenvalue weighted by molar-refractivity contribution is -0.125. The summed E-state index contributed by atoms with van der Waals surface area (Å²) in [6, 6.07) is 10.4. The molecule has 0 spiro atoms. The van der Waals surface area contributed by atoms with Crippen molar-refractivity contribution in [2.45, 2.75) is 43.7 Å². The third-order valence-corrected chi connectivity index (χ3v) is 4.90. The number of primary amides is 1. The van der Waals surface area contributed by atoms with Crippen molar-refractivity contribution in [3.05, 3.63) is 35.9 Å². The van der Waals surface area contributed by atoms with Crippen LogP contribution in [0, 0.1) is 0 Å². The van der Waals surface area contributed by atoms with Crippen LogP contribution in [-0.2, 0) is 10.3 Å². The summed E-state index contributed by atoms with van der Waals surface area (Å²) in [5.41, 5.74) is 5.89. The van der Waals surface area contributed by atoms with E-state index in [2.05, 4.69) is 17.3 Å². The molecular formula is C17H27N3O. The molecule has 1 aromatic rings. The average molecular weight is 289 g/mol. The topological polar surface area (TPSA) is 58.4 Å². The summed E-state index contributed by atoms with van der Waals surface area (Å²) in [5.74, 6) is -0.309. The number of nitrogens with one attached hydrogen (secondary N) is 1. The van der Waals surface area contributed by atoms with E-state index in [9.17, 15) is 4.79 Å². The molecule has 1 saturated carbocycles. The van der Waals surface area contributed by atoms with Crippen LogP contribution in [0.2, 0.25) is 0 Å². The zero-order chi connectivity index (χ0) is 15.3. The predicted molar refractivity (Wildman–Crippen MR) is 85.9 cm³/mol. The summed E-state index contributed by atoms with van der Waals surface area (Å²) in [4.78, 5) is 14.5. The molecule has 21 heavy (non-hydrogen) atoms. The zero-order valence-corrected chi connectivity index (χ0v) is 13.1. The summed E-state index contributed by atoms with van der Waals surface area (Å²) in [6.45, 7) is 0.864. The number of nitrogens with two attached hydrogens (primary N) is 1. The average Bonchev–Trinajstić information content (AvgIpc) is 3.03. The molecule has 0 heterocycles. The number of hydrogen-bond donors (Lipinski definition) is 2. The monoisotopic (exact) mass is 289 g/mol. The molecule has 1 aromatic carbocycles. The summed E-state index contributed by atoms with van der Waals surface area (Å²) < 4.78 is 0. The predicted octanol–water partition coefficient (Wildman–Crippen LogP) is 1.85. The summed E-state index contributed by atoms with van der Waals surface area (Å²) >= 11 is 0. The third kappa shape index (κ3) is 3.44. The Kier molecular flexibility index (Phi) is 5.37. The maximum absolute atomic E-state index is 12.1. The quantitative estimate of drug-likeness (QED) is 0.805. The van der Waals surface area contributed by atoms with Crippen molar-refractivity contribution >= 4 is 5.91 Å². The van der Waals surface area contributed by atoms with Crippen molar-refractivity contribution < 1.29 is 4.79 Å². The molecule has 2 rings (SSSR count). The van der Waals surface area contributed by atoms with Crippen LogP contribution >= 0.6 is 0 Å². The molecule has 1 amide bonds. The van der Waals surface area contributed by atoms with Crippen molar-refractivity contribution in [1.82, 2.24) is 10.2 Å². The van der Waals surface area contributed by atoms with E-state index in [0.29, 0.717) is 12.5 Å². The van der Waals surface area contributed by atoms with Crippen LogP contribution < -0.4 is 11.1 Å². The molecule has 4 heteroatoms. The lowest BCUT2D eigenvalue weighted by Gasteiger charge is -2.34. The van der Waals surface area contributed by atoms with Crippen molar-refractivity contribution in [3.63, 3.8) is 0 Å². The molecule has 0 radical (unpaired) electrons. The maximum Gasteiger partial charge on any atom is 0.242 e. The van der Waals surface area contributed by atoms with Gasteiger partial charge in [0.15, 0.2) is 0 Å². The first kappa shape index (κ1) is 16.0. The van der Waals surface area contributed by atoms with Gasteiger partial charge < -0.3 is 16.0 Å². The summed E-state index contributed by atoms with van der Waals surface area (Å²) in [6.07, 6.45) is 5.87. The summed E-state index contributed by atoms with van der Waals surface area (Å²) in [7, 11) is 3.97. The van der Waals surface area contributed by atoms with Gasteiger partial charge >= 0.3 is 0 Å². The molecule has 1 fully saturated rings. The lowest BCUT2D eigenvalue weighted by Crippen LogP contribution is -2.53. The van der Waals surface area contributed by atoms with E-state index in [0.717, 1.165) is 12.1 Å². The minimum Gasteiger partial charge on any atom is -0.368 e. The number of amides is 1. The highest BCUT2D eigenvalue weighted by Gasteiger charge is 2.37. The van der Waals surface area contributed by atoms with Gasteiger partial charge in [0, 0.05) is 12.6 Å². The molecule has 0 aliphatic heterocycles. The number of carbonyl (C=O) groups excluding carboxylic acids is 1. The van der Waals surface area contributed by atoms with Gasteiger partial charge in [-0.15, -0.1) is 0 Å². The molecule has 0 saturated heterocycles. The van der Waals surface area contributed by atoms with Crippen LogP contribution in [0.25, 0.3) is 0 Å². The number of likely N-dealkylation sites (N-methyl/N-ethyl adjacent to an activating group) is 1. The van der Waals surface area contributed by atoms with Gasteiger partial charge in [-0.3, -0.25) is 4.79 Å². The zero-order valence-electron chi connectivity index (χ0n) is 13.1. The second-order valence-electron chi connectivity index (χ2n) is 6.05. The molecule has 1 aliphatic carbocycles. The van der Waals surface area contributed by atoms with Crippen molar-refractivity contribution in [2.75, 3.05) is 20.6 Å². The highest BCUT2D eigenvalue weighted by atomic mass is 16.1. The van der Waals surface area contributed by atoms with Crippen LogP contribution in [0.15, 0.2) is 30.3 Å². The number of benzene rings is 1. The van der Waals surface area contributed by atoms with E-state index in [1.807, 2.05) is 37.4 Å². The van der Waals surface area contributed by atoms with Crippen molar-refractivity contribution in [1.29, 1.82) is 0 Å². The Balaban J connectivity index is 2.11. The second-order valence-corrected chi connectivity index (χ2v) is 6.05. The van der Waals surface area contributed by atoms with Crippen LogP contribution in [0.3, 0.4) is 0 Å². The first-order valence-electron chi connectivity index (χ1n) is 7.85. The minimum absolute atomic E-state index is 0.309. The molecule has 1 atom stereocenters. The van der Waals surface area contributed by atoms with E-state index < -0.39 is 5.54 Å². The van der Waals surface area contributed by atoms with Gasteiger partial charge in [-0.25, -0.2) is 0 Å². The van der Waals surface area contributed by atoms with Crippen LogP contribution in [0.1, 0.15) is 37.7 Å². The van der Waals surface area contributed by atoms with Gasteiger partial charge in [0.25, 0.3) is 0 Å². The number of nitrogens with zero attached hydrogens (tertiary/aromatic N) is 1. The molecule has 0 aromatic heterocycles. The van der Waals surface area contributed by atoms with Gasteiger partial charge in [-0.05, 0) is 38.9 Å². The Labute approximate surface area is 127 Å². The van der Waals surface area contributed by atoms with Crippen molar-refractivity contribution in [3.8, 4) is 0 Å². The van der Waals surface area contributed by atoms with Gasteiger partial charge in [0.05, 0.1) is 0 Å². The SMILES string of the molecule is CNC(CCN(C)C1CCCC1)(C(N)=O)c1ccccc1. The lowest BCUT2D eigenvalue weighted by atomic mass is 9.85. The molecular weight excluding hydrogens is 262 g/mol. The maximum atomic E-state index is 12.1. The fourth-order valence-electron chi connectivity index (χ4n) is 3.40. The Morgan fingerprint density at radius 3 is 2.48 bits per heavy atom. The Morgan fingerprint density at radius 2 is 1.95 bits per heavy atom. The molecule has 116 valence electrons. The van der Waals surface area contributed by atoms with E-state index in [1.54, 1.807) is 0 Å². The largest absolute Gasteiger partial charge is 0.368 e. The number of carbonyl (C=O) groups is 1. The van der Waals surface area contributed by atoms with Gasteiger partial charge in [-0.1, -0.05) is 43.2 Å². The molecule has 4 nitrogen and oxygen atoms in total. The normalized spacial score (nSPS) is 18.8. The van der Waals surface area contributed by atoms with E-state index in [-0.39, 0.29) is 5.91 Å². The van der Waals surface area contributed by atoms with Gasteiger partial charge in [-0.2, -0.15) is 0 Å². The standard InChI is InChI=1S/C17H27N3O/c1-19-17(16(18)21,14-8-4-3-5-9-14)12-13-20(2)15-10-6-7-11-15/h3-5,8-9,15,19H,6-7,10-13H2,1-2H3,(H2,18,21). The van der Waals surface area contributed by atoms with E-state index in [4.69, 9.17) is 5.73 Å². The first-order chi connectivity index (χ1) is 10.1. The Hall–Kier alpha value is -1.39. The fourth-order valence-corrected chi connectivity index (χ4v) is 3.40. The molecule has 1 unspecified atom stereocenters. The fraction of sp³-hybridized carbons (Fsp3) is 0.588. The van der Waals surface area contributed by atoms with E-state index in [1.165, 1.54) is 25.7 Å². The second kappa shape index (κ2) is 7.05. The van der Waals surface area contributed by atoms with Gasteiger partial charge in [0.1, 0.15) is 5.54 Å². The minimum atomic E-state index is -0.784. The van der Waals surface area contributed by atoms with Crippen LogP contribution in [0.5, 0.6) is 0 Å². The van der Waals surface area contributed by atoms with E-state index >= 15 is 0 Å².